The molecule has 1 heterocycles. The molecule has 0 aromatic heterocycles. The number of esters is 1. The summed E-state index contributed by atoms with van der Waals surface area (Å²) in [6, 6.07) is 7.15. The largest absolute Gasteiger partial charge is 0.466 e. The van der Waals surface area contributed by atoms with Crippen molar-refractivity contribution in [3.8, 4) is 0 Å². The molecule has 1 aromatic carbocycles. The number of nitrogens with one attached hydrogen (secondary N) is 2. The van der Waals surface area contributed by atoms with Gasteiger partial charge in [0.2, 0.25) is 5.91 Å². The van der Waals surface area contributed by atoms with Gasteiger partial charge in [-0.05, 0) is 51.8 Å². The number of ether oxygens (including phenoxy) is 1. The van der Waals surface area contributed by atoms with Gasteiger partial charge in [-0.2, -0.15) is 0 Å². The van der Waals surface area contributed by atoms with Crippen molar-refractivity contribution >= 4 is 23.5 Å². The molecule has 2 N–H and O–H groups in total. The Morgan fingerprint density at radius 2 is 1.93 bits per heavy atom. The minimum Gasteiger partial charge on any atom is -0.466 e. The highest BCUT2D eigenvalue weighted by molar-refractivity contribution is 5.95. The molecule has 1 aliphatic heterocycles. The minimum absolute atomic E-state index is 0.0191. The molecule has 148 valence electrons. The van der Waals surface area contributed by atoms with Gasteiger partial charge in [0.1, 0.15) is 0 Å². The third-order valence-electron chi connectivity index (χ3n) is 4.46. The second-order valence-corrected chi connectivity index (χ2v) is 6.97. The smallest absolute Gasteiger partial charge is 0.309 e. The van der Waals surface area contributed by atoms with Crippen LogP contribution in [-0.2, 0) is 14.3 Å². The van der Waals surface area contributed by atoms with Gasteiger partial charge in [0.25, 0.3) is 5.91 Å². The molecule has 1 fully saturated rings. The topological polar surface area (TPSA) is 87.7 Å². The van der Waals surface area contributed by atoms with Crippen LogP contribution in [0.5, 0.6) is 0 Å². The lowest BCUT2D eigenvalue weighted by Crippen LogP contribution is -2.43. The maximum atomic E-state index is 12.4. The summed E-state index contributed by atoms with van der Waals surface area (Å²) in [4.78, 5) is 38.0. The molecule has 0 radical (unpaired) electrons. The number of likely N-dealkylation sites (tertiary alicyclic amines) is 1. The Labute approximate surface area is 160 Å². The quantitative estimate of drug-likeness (QED) is 0.712. The molecular weight excluding hydrogens is 346 g/mol. The maximum absolute atomic E-state index is 12.4. The number of amides is 2. The van der Waals surface area contributed by atoms with Crippen molar-refractivity contribution in [2.75, 3.05) is 31.6 Å². The van der Waals surface area contributed by atoms with Crippen LogP contribution in [0.15, 0.2) is 24.3 Å². The molecular formula is C20H29N3O4. The molecule has 7 nitrogen and oxygen atoms in total. The molecule has 0 unspecified atom stereocenters. The summed E-state index contributed by atoms with van der Waals surface area (Å²) >= 11 is 0. The first kappa shape index (κ1) is 20.7. The molecule has 2 rings (SSSR count). The lowest BCUT2D eigenvalue weighted by molar-refractivity contribution is -0.151. The second-order valence-electron chi connectivity index (χ2n) is 6.97. The molecule has 0 saturated carbocycles. The fourth-order valence-corrected chi connectivity index (χ4v) is 3.03. The Morgan fingerprint density at radius 1 is 1.22 bits per heavy atom. The zero-order valence-corrected chi connectivity index (χ0v) is 16.3. The Bertz CT molecular complexity index is 667. The Balaban J connectivity index is 1.82. The first-order valence-electron chi connectivity index (χ1n) is 9.50. The summed E-state index contributed by atoms with van der Waals surface area (Å²) < 4.78 is 5.05. The van der Waals surface area contributed by atoms with Crippen LogP contribution in [0.3, 0.4) is 0 Å². The first-order chi connectivity index (χ1) is 12.9. The maximum Gasteiger partial charge on any atom is 0.309 e. The number of piperidine rings is 1. The van der Waals surface area contributed by atoms with Gasteiger partial charge in [0, 0.05) is 30.4 Å². The van der Waals surface area contributed by atoms with Gasteiger partial charge in [-0.1, -0.05) is 6.07 Å². The van der Waals surface area contributed by atoms with Crippen LogP contribution in [-0.4, -0.2) is 55.0 Å². The normalized spacial score (nSPS) is 14.7. The standard InChI is InChI=1S/C20H29N3O4/c1-4-27-20(26)15-8-10-23(11-9-15)18(24)13-21-17-7-5-6-16(12-17)19(25)22-14(2)3/h5-7,12,14-15,21H,4,8-11,13H2,1-3H3,(H,22,25). The van der Waals surface area contributed by atoms with Gasteiger partial charge in [0.15, 0.2) is 0 Å². The molecule has 2 amide bonds. The van der Waals surface area contributed by atoms with Crippen molar-refractivity contribution in [1.82, 2.24) is 10.2 Å². The monoisotopic (exact) mass is 375 g/mol. The summed E-state index contributed by atoms with van der Waals surface area (Å²) in [6.07, 6.45) is 1.27. The number of benzene rings is 1. The van der Waals surface area contributed by atoms with Gasteiger partial charge in [0.05, 0.1) is 19.1 Å². The van der Waals surface area contributed by atoms with E-state index >= 15 is 0 Å². The van der Waals surface area contributed by atoms with E-state index in [2.05, 4.69) is 10.6 Å². The van der Waals surface area contributed by atoms with Crippen LogP contribution >= 0.6 is 0 Å². The summed E-state index contributed by atoms with van der Waals surface area (Å²) in [6.45, 7) is 7.26. The van der Waals surface area contributed by atoms with Gasteiger partial charge < -0.3 is 20.3 Å². The zero-order chi connectivity index (χ0) is 19.8. The Morgan fingerprint density at radius 3 is 2.56 bits per heavy atom. The average Bonchev–Trinajstić information content (AvgIpc) is 2.66. The van der Waals surface area contributed by atoms with E-state index in [1.165, 1.54) is 0 Å². The van der Waals surface area contributed by atoms with E-state index in [0.29, 0.717) is 38.1 Å². The number of hydrogen-bond acceptors (Lipinski definition) is 5. The predicted octanol–water partition coefficient (Wildman–Crippen LogP) is 2.04. The van der Waals surface area contributed by atoms with Gasteiger partial charge in [-0.15, -0.1) is 0 Å². The third-order valence-corrected chi connectivity index (χ3v) is 4.46. The van der Waals surface area contributed by atoms with E-state index in [1.54, 1.807) is 30.0 Å². The Kier molecular flexibility index (Phi) is 7.64. The number of carbonyl (C=O) groups is 3. The van der Waals surface area contributed by atoms with Crippen LogP contribution in [0, 0.1) is 5.92 Å². The highest BCUT2D eigenvalue weighted by atomic mass is 16.5. The van der Waals surface area contributed by atoms with Crippen LogP contribution < -0.4 is 10.6 Å². The molecule has 27 heavy (non-hydrogen) atoms. The van der Waals surface area contributed by atoms with E-state index < -0.39 is 0 Å². The van der Waals surface area contributed by atoms with Gasteiger partial charge in [-0.25, -0.2) is 0 Å². The van der Waals surface area contributed by atoms with E-state index in [9.17, 15) is 14.4 Å². The number of carbonyl (C=O) groups excluding carboxylic acids is 3. The van der Waals surface area contributed by atoms with E-state index in [1.807, 2.05) is 19.9 Å². The van der Waals surface area contributed by atoms with E-state index in [-0.39, 0.29) is 36.3 Å². The third kappa shape index (κ3) is 6.27. The fourth-order valence-electron chi connectivity index (χ4n) is 3.03. The van der Waals surface area contributed by atoms with Crippen molar-refractivity contribution in [1.29, 1.82) is 0 Å². The first-order valence-corrected chi connectivity index (χ1v) is 9.50. The van der Waals surface area contributed by atoms with Crippen molar-refractivity contribution < 1.29 is 19.1 Å². The van der Waals surface area contributed by atoms with Crippen molar-refractivity contribution in [3.63, 3.8) is 0 Å². The molecule has 1 saturated heterocycles. The lowest BCUT2D eigenvalue weighted by atomic mass is 9.97. The van der Waals surface area contributed by atoms with E-state index in [0.717, 1.165) is 5.69 Å². The Hall–Kier alpha value is -2.57. The second kappa shape index (κ2) is 9.94. The van der Waals surface area contributed by atoms with Crippen LogP contribution in [0.1, 0.15) is 44.0 Å². The highest BCUT2D eigenvalue weighted by Gasteiger charge is 2.27. The number of nitrogens with zero attached hydrogens (tertiary/aromatic N) is 1. The fraction of sp³-hybridized carbons (Fsp3) is 0.550. The lowest BCUT2D eigenvalue weighted by Gasteiger charge is -2.31. The minimum atomic E-state index is -0.167. The molecule has 0 atom stereocenters. The summed E-state index contributed by atoms with van der Waals surface area (Å²) in [7, 11) is 0. The average molecular weight is 375 g/mol. The molecule has 0 aliphatic carbocycles. The summed E-state index contributed by atoms with van der Waals surface area (Å²) in [5.74, 6) is -0.437. The van der Waals surface area contributed by atoms with E-state index in [4.69, 9.17) is 4.74 Å². The summed E-state index contributed by atoms with van der Waals surface area (Å²) in [5, 5.41) is 5.93. The zero-order valence-electron chi connectivity index (χ0n) is 16.3. The van der Waals surface area contributed by atoms with Crippen LogP contribution in [0.2, 0.25) is 0 Å². The van der Waals surface area contributed by atoms with Gasteiger partial charge in [-0.3, -0.25) is 14.4 Å². The molecule has 0 spiro atoms. The number of hydrogen-bond donors (Lipinski definition) is 2. The van der Waals surface area contributed by atoms with Crippen molar-refractivity contribution in [2.24, 2.45) is 5.92 Å². The molecule has 0 bridgehead atoms. The SMILES string of the molecule is CCOC(=O)C1CCN(C(=O)CNc2cccc(C(=O)NC(C)C)c2)CC1. The molecule has 1 aromatic rings. The van der Waals surface area contributed by atoms with Crippen molar-refractivity contribution in [3.05, 3.63) is 29.8 Å². The van der Waals surface area contributed by atoms with Crippen LogP contribution in [0.4, 0.5) is 5.69 Å². The predicted molar refractivity (Wildman–Crippen MR) is 103 cm³/mol. The molecule has 7 heteroatoms. The number of rotatable bonds is 7. The number of anilines is 1. The van der Waals surface area contributed by atoms with Gasteiger partial charge >= 0.3 is 5.97 Å². The molecule has 1 aliphatic rings. The highest BCUT2D eigenvalue weighted by Crippen LogP contribution is 2.19. The van der Waals surface area contributed by atoms with Crippen LogP contribution in [0.25, 0.3) is 0 Å². The summed E-state index contributed by atoms with van der Waals surface area (Å²) in [5.41, 5.74) is 1.28. The van der Waals surface area contributed by atoms with Crippen molar-refractivity contribution in [2.45, 2.75) is 39.7 Å².